The minimum absolute atomic E-state index is 0.385. The summed E-state index contributed by atoms with van der Waals surface area (Å²) in [4.78, 5) is 12.6. The zero-order valence-electron chi connectivity index (χ0n) is 9.31. The largest absolute Gasteiger partial charge is 0.298 e. The SMILES string of the molecule is Cc1ccc(Sc2ccc(F)cc2C=O)cc1. The molecule has 2 aromatic rings. The second-order valence-corrected chi connectivity index (χ2v) is 4.83. The van der Waals surface area contributed by atoms with Crippen LogP contribution in [-0.4, -0.2) is 6.29 Å². The van der Waals surface area contributed by atoms with Crippen molar-refractivity contribution >= 4 is 18.0 Å². The summed E-state index contributed by atoms with van der Waals surface area (Å²) in [6.07, 6.45) is 0.680. The molecule has 0 N–H and O–H groups in total. The van der Waals surface area contributed by atoms with Gasteiger partial charge in [0, 0.05) is 15.4 Å². The molecule has 0 aliphatic heterocycles. The van der Waals surface area contributed by atoms with Gasteiger partial charge >= 0.3 is 0 Å². The normalized spacial score (nSPS) is 10.2. The van der Waals surface area contributed by atoms with Gasteiger partial charge in [0.05, 0.1) is 0 Å². The van der Waals surface area contributed by atoms with Crippen molar-refractivity contribution in [3.8, 4) is 0 Å². The van der Waals surface area contributed by atoms with E-state index in [1.165, 1.54) is 29.5 Å². The number of carbonyl (C=O) groups is 1. The van der Waals surface area contributed by atoms with Crippen LogP contribution in [0.15, 0.2) is 52.3 Å². The van der Waals surface area contributed by atoms with E-state index in [-0.39, 0.29) is 5.82 Å². The van der Waals surface area contributed by atoms with Crippen LogP contribution in [0.2, 0.25) is 0 Å². The molecule has 2 aromatic carbocycles. The molecule has 0 radical (unpaired) electrons. The minimum Gasteiger partial charge on any atom is -0.298 e. The van der Waals surface area contributed by atoms with Gasteiger partial charge in [-0.2, -0.15) is 0 Å². The average molecular weight is 246 g/mol. The first-order valence-electron chi connectivity index (χ1n) is 5.18. The summed E-state index contributed by atoms with van der Waals surface area (Å²) < 4.78 is 13.0. The van der Waals surface area contributed by atoms with Crippen LogP contribution in [0.4, 0.5) is 4.39 Å². The molecule has 0 aromatic heterocycles. The molecule has 0 unspecified atom stereocenters. The maximum atomic E-state index is 13.0. The molecule has 0 aliphatic rings. The van der Waals surface area contributed by atoms with E-state index < -0.39 is 0 Å². The molecule has 17 heavy (non-hydrogen) atoms. The highest BCUT2D eigenvalue weighted by atomic mass is 32.2. The molecule has 0 spiro atoms. The van der Waals surface area contributed by atoms with Gasteiger partial charge in [-0.25, -0.2) is 4.39 Å². The van der Waals surface area contributed by atoms with Gasteiger partial charge in [-0.1, -0.05) is 29.5 Å². The Morgan fingerprint density at radius 1 is 1.12 bits per heavy atom. The molecular formula is C14H11FOS. The van der Waals surface area contributed by atoms with E-state index >= 15 is 0 Å². The van der Waals surface area contributed by atoms with E-state index in [1.54, 1.807) is 6.07 Å². The van der Waals surface area contributed by atoms with Crippen LogP contribution in [0.25, 0.3) is 0 Å². The van der Waals surface area contributed by atoms with Crippen LogP contribution in [-0.2, 0) is 0 Å². The van der Waals surface area contributed by atoms with E-state index in [0.717, 1.165) is 9.79 Å². The van der Waals surface area contributed by atoms with E-state index in [9.17, 15) is 9.18 Å². The van der Waals surface area contributed by atoms with Crippen LogP contribution < -0.4 is 0 Å². The third-order valence-corrected chi connectivity index (χ3v) is 3.45. The monoisotopic (exact) mass is 246 g/mol. The molecule has 0 fully saturated rings. The molecule has 0 aliphatic carbocycles. The molecule has 3 heteroatoms. The average Bonchev–Trinajstić information content (AvgIpc) is 2.34. The van der Waals surface area contributed by atoms with Crippen LogP contribution in [0, 0.1) is 12.7 Å². The molecule has 0 heterocycles. The van der Waals surface area contributed by atoms with E-state index in [0.29, 0.717) is 11.8 Å². The van der Waals surface area contributed by atoms with Gasteiger partial charge in [-0.15, -0.1) is 0 Å². The van der Waals surface area contributed by atoms with Gasteiger partial charge in [-0.05, 0) is 37.3 Å². The van der Waals surface area contributed by atoms with Gasteiger partial charge in [0.25, 0.3) is 0 Å². The highest BCUT2D eigenvalue weighted by Crippen LogP contribution is 2.30. The van der Waals surface area contributed by atoms with Crippen molar-refractivity contribution in [2.24, 2.45) is 0 Å². The Morgan fingerprint density at radius 3 is 2.47 bits per heavy atom. The second-order valence-electron chi connectivity index (χ2n) is 3.72. The van der Waals surface area contributed by atoms with Crippen molar-refractivity contribution in [3.63, 3.8) is 0 Å². The van der Waals surface area contributed by atoms with Gasteiger partial charge in [0.1, 0.15) is 5.82 Å². The second kappa shape index (κ2) is 5.15. The molecule has 0 amide bonds. The fourth-order valence-electron chi connectivity index (χ4n) is 1.44. The number of hydrogen-bond donors (Lipinski definition) is 0. The van der Waals surface area contributed by atoms with Gasteiger partial charge in [-0.3, -0.25) is 4.79 Å². The van der Waals surface area contributed by atoms with Crippen LogP contribution in [0.1, 0.15) is 15.9 Å². The van der Waals surface area contributed by atoms with Crippen LogP contribution >= 0.6 is 11.8 Å². The third kappa shape index (κ3) is 2.94. The lowest BCUT2D eigenvalue weighted by molar-refractivity contribution is 0.112. The van der Waals surface area contributed by atoms with E-state index in [4.69, 9.17) is 0 Å². The predicted octanol–water partition coefficient (Wildman–Crippen LogP) is 4.10. The summed E-state index contributed by atoms with van der Waals surface area (Å²) in [5.41, 5.74) is 1.57. The van der Waals surface area contributed by atoms with Gasteiger partial charge in [0.2, 0.25) is 0 Å². The predicted molar refractivity (Wildman–Crippen MR) is 67.1 cm³/mol. The standard InChI is InChI=1S/C14H11FOS/c1-10-2-5-13(6-3-10)17-14-7-4-12(15)8-11(14)9-16/h2-9H,1H3. The van der Waals surface area contributed by atoms with Gasteiger partial charge < -0.3 is 0 Å². The first-order chi connectivity index (χ1) is 8.19. The minimum atomic E-state index is -0.389. The van der Waals surface area contributed by atoms with Crippen molar-refractivity contribution in [1.29, 1.82) is 0 Å². The molecule has 1 nitrogen and oxygen atoms in total. The molecule has 0 bridgehead atoms. The van der Waals surface area contributed by atoms with Crippen LogP contribution in [0.3, 0.4) is 0 Å². The Morgan fingerprint density at radius 2 is 1.82 bits per heavy atom. The number of carbonyl (C=O) groups excluding carboxylic acids is 1. The first-order valence-corrected chi connectivity index (χ1v) is 6.00. The molecule has 0 atom stereocenters. The first kappa shape index (κ1) is 11.9. The quantitative estimate of drug-likeness (QED) is 0.758. The molecule has 86 valence electrons. The Labute approximate surface area is 104 Å². The number of aldehydes is 1. The third-order valence-electron chi connectivity index (χ3n) is 2.35. The number of hydrogen-bond acceptors (Lipinski definition) is 2. The molecule has 0 saturated carbocycles. The summed E-state index contributed by atoms with van der Waals surface area (Å²) in [5, 5.41) is 0. The smallest absolute Gasteiger partial charge is 0.151 e. The summed E-state index contributed by atoms with van der Waals surface area (Å²) in [6.45, 7) is 2.02. The van der Waals surface area contributed by atoms with Crippen molar-refractivity contribution in [2.75, 3.05) is 0 Å². The van der Waals surface area contributed by atoms with Crippen molar-refractivity contribution in [2.45, 2.75) is 16.7 Å². The lowest BCUT2D eigenvalue weighted by Crippen LogP contribution is -1.87. The number of aryl methyl sites for hydroxylation is 1. The summed E-state index contributed by atoms with van der Waals surface area (Å²) in [5.74, 6) is -0.389. The van der Waals surface area contributed by atoms with Crippen LogP contribution in [0.5, 0.6) is 0 Å². The number of benzene rings is 2. The summed E-state index contributed by atoms with van der Waals surface area (Å²) in [7, 11) is 0. The molecular weight excluding hydrogens is 235 g/mol. The summed E-state index contributed by atoms with van der Waals surface area (Å²) >= 11 is 1.46. The summed E-state index contributed by atoms with van der Waals surface area (Å²) in [6, 6.07) is 12.2. The Bertz CT molecular complexity index is 534. The molecule has 0 saturated heterocycles. The van der Waals surface area contributed by atoms with Crippen molar-refractivity contribution < 1.29 is 9.18 Å². The Hall–Kier alpha value is -1.61. The Kier molecular flexibility index (Phi) is 3.59. The Balaban J connectivity index is 2.29. The molecule has 2 rings (SSSR count). The fourth-order valence-corrected chi connectivity index (χ4v) is 2.32. The fraction of sp³-hybridized carbons (Fsp3) is 0.0714. The highest BCUT2D eigenvalue weighted by Gasteiger charge is 2.05. The topological polar surface area (TPSA) is 17.1 Å². The lowest BCUT2D eigenvalue weighted by Gasteiger charge is -2.05. The number of rotatable bonds is 3. The zero-order valence-corrected chi connectivity index (χ0v) is 10.1. The maximum Gasteiger partial charge on any atom is 0.151 e. The van der Waals surface area contributed by atoms with Gasteiger partial charge in [0.15, 0.2) is 6.29 Å². The highest BCUT2D eigenvalue weighted by molar-refractivity contribution is 7.99. The van der Waals surface area contributed by atoms with E-state index in [1.807, 2.05) is 31.2 Å². The lowest BCUT2D eigenvalue weighted by atomic mass is 10.2. The maximum absolute atomic E-state index is 13.0. The number of halogens is 1. The van der Waals surface area contributed by atoms with Crippen molar-refractivity contribution in [3.05, 3.63) is 59.4 Å². The van der Waals surface area contributed by atoms with E-state index in [2.05, 4.69) is 0 Å². The zero-order chi connectivity index (χ0) is 12.3. The van der Waals surface area contributed by atoms with Crippen molar-refractivity contribution in [1.82, 2.24) is 0 Å².